The lowest BCUT2D eigenvalue weighted by Gasteiger charge is -2.31. The molecule has 3 unspecified atom stereocenters. The average molecular weight is 142 g/mol. The van der Waals surface area contributed by atoms with E-state index >= 15 is 0 Å². The van der Waals surface area contributed by atoms with Crippen molar-refractivity contribution in [1.29, 1.82) is 0 Å². The van der Waals surface area contributed by atoms with Crippen LogP contribution < -0.4 is 11.3 Å². The van der Waals surface area contributed by atoms with Crippen molar-refractivity contribution in [2.24, 2.45) is 17.7 Å². The molecule has 1 aliphatic carbocycles. The summed E-state index contributed by atoms with van der Waals surface area (Å²) < 4.78 is 0. The van der Waals surface area contributed by atoms with Crippen molar-refractivity contribution in [3.63, 3.8) is 0 Å². The van der Waals surface area contributed by atoms with E-state index in [1.807, 2.05) is 0 Å². The SMILES string of the molecule is CC1CCC(C)C(NN)C1. The van der Waals surface area contributed by atoms with Gasteiger partial charge in [-0.2, -0.15) is 0 Å². The molecule has 0 saturated heterocycles. The summed E-state index contributed by atoms with van der Waals surface area (Å²) in [7, 11) is 0. The maximum absolute atomic E-state index is 5.41. The minimum Gasteiger partial charge on any atom is -0.271 e. The molecule has 2 nitrogen and oxygen atoms in total. The predicted molar refractivity (Wildman–Crippen MR) is 43.3 cm³/mol. The number of nitrogens with one attached hydrogen (secondary N) is 1. The zero-order chi connectivity index (χ0) is 7.56. The fraction of sp³-hybridized carbons (Fsp3) is 1.00. The molecule has 0 heterocycles. The molecular formula is C8H18N2. The van der Waals surface area contributed by atoms with Crippen LogP contribution in [0.2, 0.25) is 0 Å². The van der Waals surface area contributed by atoms with Gasteiger partial charge in [-0.15, -0.1) is 0 Å². The summed E-state index contributed by atoms with van der Waals surface area (Å²) in [6, 6.07) is 0.559. The van der Waals surface area contributed by atoms with Crippen molar-refractivity contribution >= 4 is 0 Å². The van der Waals surface area contributed by atoms with Crippen molar-refractivity contribution in [3.8, 4) is 0 Å². The van der Waals surface area contributed by atoms with Crippen LogP contribution in [-0.4, -0.2) is 6.04 Å². The van der Waals surface area contributed by atoms with E-state index in [-0.39, 0.29) is 0 Å². The summed E-state index contributed by atoms with van der Waals surface area (Å²) in [5, 5.41) is 0. The molecule has 1 fully saturated rings. The van der Waals surface area contributed by atoms with Crippen molar-refractivity contribution < 1.29 is 0 Å². The van der Waals surface area contributed by atoms with E-state index in [0.29, 0.717) is 6.04 Å². The fourth-order valence-electron chi connectivity index (χ4n) is 1.76. The van der Waals surface area contributed by atoms with Gasteiger partial charge in [0.15, 0.2) is 0 Å². The molecule has 0 aromatic heterocycles. The zero-order valence-electron chi connectivity index (χ0n) is 6.93. The summed E-state index contributed by atoms with van der Waals surface area (Å²) in [6.07, 6.45) is 3.95. The highest BCUT2D eigenvalue weighted by molar-refractivity contribution is 4.79. The van der Waals surface area contributed by atoms with Gasteiger partial charge in [-0.25, -0.2) is 0 Å². The first-order valence-corrected chi connectivity index (χ1v) is 4.20. The van der Waals surface area contributed by atoms with Gasteiger partial charge in [0.1, 0.15) is 0 Å². The molecule has 0 bridgehead atoms. The van der Waals surface area contributed by atoms with E-state index in [9.17, 15) is 0 Å². The summed E-state index contributed by atoms with van der Waals surface area (Å²) in [4.78, 5) is 0. The Morgan fingerprint density at radius 3 is 2.50 bits per heavy atom. The number of nitrogens with two attached hydrogens (primary N) is 1. The van der Waals surface area contributed by atoms with Gasteiger partial charge in [-0.3, -0.25) is 11.3 Å². The van der Waals surface area contributed by atoms with Gasteiger partial charge in [-0.05, 0) is 24.7 Å². The zero-order valence-corrected chi connectivity index (χ0v) is 6.93. The summed E-state index contributed by atoms with van der Waals surface area (Å²) in [5.41, 5.74) is 2.88. The Kier molecular flexibility index (Phi) is 2.69. The molecule has 0 aliphatic heterocycles. The van der Waals surface area contributed by atoms with Gasteiger partial charge in [0.05, 0.1) is 0 Å². The van der Waals surface area contributed by atoms with Gasteiger partial charge in [0.2, 0.25) is 0 Å². The molecule has 1 saturated carbocycles. The molecule has 2 heteroatoms. The molecule has 1 rings (SSSR count). The average Bonchev–Trinajstić information content (AvgIpc) is 1.94. The molecule has 0 spiro atoms. The predicted octanol–water partition coefficient (Wildman–Crippen LogP) is 1.27. The lowest BCUT2D eigenvalue weighted by atomic mass is 9.80. The third kappa shape index (κ3) is 1.70. The summed E-state index contributed by atoms with van der Waals surface area (Å²) in [6.45, 7) is 4.58. The second-order valence-corrected chi connectivity index (χ2v) is 3.67. The van der Waals surface area contributed by atoms with Gasteiger partial charge < -0.3 is 0 Å². The molecular weight excluding hydrogens is 124 g/mol. The quantitative estimate of drug-likeness (QED) is 0.427. The van der Waals surface area contributed by atoms with Gasteiger partial charge in [0, 0.05) is 6.04 Å². The van der Waals surface area contributed by atoms with E-state index in [2.05, 4.69) is 19.3 Å². The molecule has 3 atom stereocenters. The maximum atomic E-state index is 5.41. The van der Waals surface area contributed by atoms with Gasteiger partial charge in [0.25, 0.3) is 0 Å². The highest BCUT2D eigenvalue weighted by atomic mass is 15.2. The Labute approximate surface area is 63.1 Å². The molecule has 0 aromatic carbocycles. The van der Waals surface area contributed by atoms with E-state index in [1.54, 1.807) is 0 Å². The maximum Gasteiger partial charge on any atom is 0.0238 e. The van der Waals surface area contributed by atoms with Crippen LogP contribution in [-0.2, 0) is 0 Å². The van der Waals surface area contributed by atoms with Crippen molar-refractivity contribution in [2.45, 2.75) is 39.2 Å². The molecule has 0 aromatic rings. The van der Waals surface area contributed by atoms with Crippen LogP contribution in [0.1, 0.15) is 33.1 Å². The van der Waals surface area contributed by atoms with E-state index in [0.717, 1.165) is 11.8 Å². The lowest BCUT2D eigenvalue weighted by molar-refractivity contribution is 0.230. The van der Waals surface area contributed by atoms with Crippen LogP contribution in [0.3, 0.4) is 0 Å². The van der Waals surface area contributed by atoms with E-state index < -0.39 is 0 Å². The third-order valence-corrected chi connectivity index (χ3v) is 2.67. The fourth-order valence-corrected chi connectivity index (χ4v) is 1.76. The third-order valence-electron chi connectivity index (χ3n) is 2.67. The summed E-state index contributed by atoms with van der Waals surface area (Å²) >= 11 is 0. The number of hydrogen-bond donors (Lipinski definition) is 2. The van der Waals surface area contributed by atoms with Crippen molar-refractivity contribution in [3.05, 3.63) is 0 Å². The van der Waals surface area contributed by atoms with E-state index in [4.69, 9.17) is 5.84 Å². The molecule has 3 N–H and O–H groups in total. The number of hydrazine groups is 1. The monoisotopic (exact) mass is 142 g/mol. The molecule has 1 aliphatic rings. The van der Waals surface area contributed by atoms with Crippen LogP contribution in [0, 0.1) is 11.8 Å². The summed E-state index contributed by atoms with van der Waals surface area (Å²) in [5.74, 6) is 7.03. The topological polar surface area (TPSA) is 38.0 Å². The smallest absolute Gasteiger partial charge is 0.0238 e. The van der Waals surface area contributed by atoms with Crippen molar-refractivity contribution in [1.82, 2.24) is 5.43 Å². The minimum atomic E-state index is 0.559. The Morgan fingerprint density at radius 1 is 1.30 bits per heavy atom. The number of rotatable bonds is 1. The Hall–Kier alpha value is -0.0800. The first-order valence-electron chi connectivity index (χ1n) is 4.20. The van der Waals surface area contributed by atoms with Crippen LogP contribution in [0.5, 0.6) is 0 Å². The molecule has 60 valence electrons. The molecule has 0 amide bonds. The van der Waals surface area contributed by atoms with E-state index in [1.165, 1.54) is 19.3 Å². The Balaban J connectivity index is 2.38. The van der Waals surface area contributed by atoms with Crippen LogP contribution >= 0.6 is 0 Å². The van der Waals surface area contributed by atoms with Gasteiger partial charge >= 0.3 is 0 Å². The minimum absolute atomic E-state index is 0.559. The standard InChI is InChI=1S/C8H18N2/c1-6-3-4-7(2)8(5-6)10-9/h6-8,10H,3-5,9H2,1-2H3. The second kappa shape index (κ2) is 3.35. The largest absolute Gasteiger partial charge is 0.271 e. The molecule has 0 radical (unpaired) electrons. The highest BCUT2D eigenvalue weighted by Crippen LogP contribution is 2.27. The van der Waals surface area contributed by atoms with Crippen molar-refractivity contribution in [2.75, 3.05) is 0 Å². The first kappa shape index (κ1) is 8.02. The normalized spacial score (nSPS) is 41.7. The second-order valence-electron chi connectivity index (χ2n) is 3.67. The highest BCUT2D eigenvalue weighted by Gasteiger charge is 2.23. The van der Waals surface area contributed by atoms with Gasteiger partial charge in [-0.1, -0.05) is 20.3 Å². The lowest BCUT2D eigenvalue weighted by Crippen LogP contribution is -2.43. The van der Waals surface area contributed by atoms with Crippen LogP contribution in [0.25, 0.3) is 0 Å². The van der Waals surface area contributed by atoms with Crippen LogP contribution in [0.4, 0.5) is 0 Å². The number of hydrogen-bond acceptors (Lipinski definition) is 2. The molecule has 10 heavy (non-hydrogen) atoms. The first-order chi connectivity index (χ1) is 4.74. The Morgan fingerprint density at radius 2 is 2.00 bits per heavy atom. The van der Waals surface area contributed by atoms with Crippen LogP contribution in [0.15, 0.2) is 0 Å². The Bertz CT molecular complexity index is 103.